The highest BCUT2D eigenvalue weighted by Crippen LogP contribution is 2.14. The molecule has 2 saturated heterocycles. The molecule has 1 aromatic rings. The first-order chi connectivity index (χ1) is 13.5. The van der Waals surface area contributed by atoms with E-state index in [-0.39, 0.29) is 41.5 Å². The van der Waals surface area contributed by atoms with Crippen molar-refractivity contribution in [1.82, 2.24) is 15.5 Å². The third kappa shape index (κ3) is 8.41. The molecule has 164 valence electrons. The highest BCUT2D eigenvalue weighted by atomic mass is 127. The zero-order valence-corrected chi connectivity index (χ0v) is 20.5. The first kappa shape index (κ1) is 24.4. The predicted octanol–water partition coefficient (Wildman–Crippen LogP) is 2.92. The molecule has 0 saturated carbocycles. The molecule has 1 atom stereocenters. The van der Waals surface area contributed by atoms with E-state index in [0.29, 0.717) is 18.9 Å². The zero-order valence-electron chi connectivity index (χ0n) is 17.4. The van der Waals surface area contributed by atoms with Crippen LogP contribution in [0.3, 0.4) is 0 Å². The van der Waals surface area contributed by atoms with Crippen molar-refractivity contribution < 1.29 is 8.42 Å². The summed E-state index contributed by atoms with van der Waals surface area (Å²) >= 11 is 0. The Morgan fingerprint density at radius 1 is 1.10 bits per heavy atom. The second-order valence-electron chi connectivity index (χ2n) is 7.95. The minimum Gasteiger partial charge on any atom is -0.357 e. The van der Waals surface area contributed by atoms with E-state index in [1.54, 1.807) is 0 Å². The lowest BCUT2D eigenvalue weighted by molar-refractivity contribution is 0.277. The van der Waals surface area contributed by atoms with Gasteiger partial charge >= 0.3 is 0 Å². The van der Waals surface area contributed by atoms with E-state index in [4.69, 9.17) is 0 Å². The van der Waals surface area contributed by atoms with Gasteiger partial charge in [0.15, 0.2) is 15.8 Å². The van der Waals surface area contributed by atoms with Gasteiger partial charge in [0.05, 0.1) is 18.1 Å². The molecule has 3 rings (SSSR count). The van der Waals surface area contributed by atoms with E-state index >= 15 is 0 Å². The summed E-state index contributed by atoms with van der Waals surface area (Å²) in [5.74, 6) is 1.16. The Kier molecular flexibility index (Phi) is 10.2. The van der Waals surface area contributed by atoms with Gasteiger partial charge in [-0.25, -0.2) is 13.4 Å². The second-order valence-corrected chi connectivity index (χ2v) is 10.2. The van der Waals surface area contributed by atoms with Crippen molar-refractivity contribution in [3.63, 3.8) is 0 Å². The molecule has 0 amide bonds. The van der Waals surface area contributed by atoms with Gasteiger partial charge in [-0.2, -0.15) is 0 Å². The third-order valence-corrected chi connectivity index (χ3v) is 7.23. The molecular formula is C21H35IN4O2S. The van der Waals surface area contributed by atoms with E-state index in [2.05, 4.69) is 44.8 Å². The van der Waals surface area contributed by atoms with Crippen LogP contribution in [0.25, 0.3) is 0 Å². The quantitative estimate of drug-likeness (QED) is 0.334. The second kappa shape index (κ2) is 12.1. The molecule has 0 aliphatic carbocycles. The molecule has 0 radical (unpaired) electrons. The maximum Gasteiger partial charge on any atom is 0.191 e. The normalized spacial score (nSPS) is 22.5. The van der Waals surface area contributed by atoms with Crippen LogP contribution < -0.4 is 10.6 Å². The lowest BCUT2D eigenvalue weighted by atomic mass is 10.1. The van der Waals surface area contributed by atoms with Crippen molar-refractivity contribution in [3.8, 4) is 0 Å². The number of rotatable bonds is 6. The van der Waals surface area contributed by atoms with Gasteiger partial charge in [0, 0.05) is 19.1 Å². The summed E-state index contributed by atoms with van der Waals surface area (Å²) in [6.07, 6.45) is 6.01. The van der Waals surface area contributed by atoms with Gasteiger partial charge in [-0.05, 0) is 50.4 Å². The molecule has 1 aromatic carbocycles. The van der Waals surface area contributed by atoms with Crippen molar-refractivity contribution >= 4 is 39.8 Å². The van der Waals surface area contributed by atoms with Crippen molar-refractivity contribution in [2.24, 2.45) is 4.99 Å². The number of guanidine groups is 1. The number of hydrogen-bond donors (Lipinski definition) is 2. The molecule has 2 aliphatic heterocycles. The molecule has 29 heavy (non-hydrogen) atoms. The fraction of sp³-hybridized carbons (Fsp3) is 0.667. The summed E-state index contributed by atoms with van der Waals surface area (Å²) in [4.78, 5) is 7.20. The highest BCUT2D eigenvalue weighted by Gasteiger charge is 2.28. The van der Waals surface area contributed by atoms with Crippen LogP contribution in [0.2, 0.25) is 0 Å². The van der Waals surface area contributed by atoms with Crippen molar-refractivity contribution in [3.05, 3.63) is 35.4 Å². The Morgan fingerprint density at radius 3 is 2.34 bits per heavy atom. The molecule has 2 heterocycles. The number of sulfone groups is 1. The van der Waals surface area contributed by atoms with Crippen LogP contribution in [0.1, 0.15) is 50.2 Å². The lowest BCUT2D eigenvalue weighted by Gasteiger charge is -2.19. The first-order valence-corrected chi connectivity index (χ1v) is 12.4. The van der Waals surface area contributed by atoms with Crippen LogP contribution in [-0.4, -0.2) is 56.5 Å². The molecule has 2 aliphatic rings. The standard InChI is InChI=1S/C21H34N4O2S.HI/c1-2-22-21(24-20-11-14-28(26,27)17-20)23-15-18-7-9-19(10-8-18)16-25-12-5-3-4-6-13-25;/h7-10,20H,2-6,11-17H2,1H3,(H2,22,23,24);1H. The van der Waals surface area contributed by atoms with Crippen LogP contribution in [-0.2, 0) is 22.9 Å². The third-order valence-electron chi connectivity index (χ3n) is 5.47. The van der Waals surface area contributed by atoms with Crippen molar-refractivity contribution in [2.45, 2.75) is 58.2 Å². The number of benzene rings is 1. The van der Waals surface area contributed by atoms with E-state index in [1.165, 1.54) is 44.3 Å². The maximum atomic E-state index is 11.6. The van der Waals surface area contributed by atoms with E-state index in [0.717, 1.165) is 18.7 Å². The summed E-state index contributed by atoms with van der Waals surface area (Å²) in [6.45, 7) is 6.80. The Bertz CT molecular complexity index is 744. The summed E-state index contributed by atoms with van der Waals surface area (Å²) in [5.41, 5.74) is 2.52. The van der Waals surface area contributed by atoms with E-state index < -0.39 is 9.84 Å². The summed E-state index contributed by atoms with van der Waals surface area (Å²) in [7, 11) is -2.89. The minimum atomic E-state index is -2.89. The molecule has 6 nitrogen and oxygen atoms in total. The Labute approximate surface area is 192 Å². The number of likely N-dealkylation sites (tertiary alicyclic amines) is 1. The monoisotopic (exact) mass is 534 g/mol. The Balaban J connectivity index is 0.00000300. The highest BCUT2D eigenvalue weighted by molar-refractivity contribution is 14.0. The van der Waals surface area contributed by atoms with Gasteiger partial charge in [0.2, 0.25) is 0 Å². The molecule has 0 spiro atoms. The largest absolute Gasteiger partial charge is 0.357 e. The van der Waals surface area contributed by atoms with Gasteiger partial charge in [0.25, 0.3) is 0 Å². The molecule has 2 fully saturated rings. The number of halogens is 1. The van der Waals surface area contributed by atoms with Gasteiger partial charge in [-0.1, -0.05) is 37.1 Å². The van der Waals surface area contributed by atoms with Crippen LogP contribution in [0.5, 0.6) is 0 Å². The van der Waals surface area contributed by atoms with Crippen molar-refractivity contribution in [2.75, 3.05) is 31.1 Å². The number of nitrogens with one attached hydrogen (secondary N) is 2. The average Bonchev–Trinajstić information content (AvgIpc) is 2.85. The summed E-state index contributed by atoms with van der Waals surface area (Å²) in [5, 5.41) is 6.48. The molecule has 2 N–H and O–H groups in total. The Morgan fingerprint density at radius 2 is 1.76 bits per heavy atom. The van der Waals surface area contributed by atoms with Crippen LogP contribution in [0.4, 0.5) is 0 Å². The Hall–Kier alpha value is -0.870. The van der Waals surface area contributed by atoms with Crippen LogP contribution in [0, 0.1) is 0 Å². The maximum absolute atomic E-state index is 11.6. The number of nitrogens with zero attached hydrogens (tertiary/aromatic N) is 2. The first-order valence-electron chi connectivity index (χ1n) is 10.6. The fourth-order valence-corrected chi connectivity index (χ4v) is 5.57. The van der Waals surface area contributed by atoms with Crippen molar-refractivity contribution in [1.29, 1.82) is 0 Å². The summed E-state index contributed by atoms with van der Waals surface area (Å²) in [6, 6.07) is 8.68. The minimum absolute atomic E-state index is 0. The average molecular weight is 535 g/mol. The fourth-order valence-electron chi connectivity index (χ4n) is 3.90. The molecule has 8 heteroatoms. The molecule has 0 bridgehead atoms. The van der Waals surface area contributed by atoms with Gasteiger partial charge in [0.1, 0.15) is 0 Å². The lowest BCUT2D eigenvalue weighted by Crippen LogP contribution is -2.44. The molecule has 1 unspecified atom stereocenters. The SMILES string of the molecule is CCNC(=NCc1ccc(CN2CCCCCC2)cc1)NC1CCS(=O)(=O)C1.I. The summed E-state index contributed by atoms with van der Waals surface area (Å²) < 4.78 is 23.3. The van der Waals surface area contributed by atoms with Gasteiger partial charge < -0.3 is 10.6 Å². The molecule has 0 aromatic heterocycles. The van der Waals surface area contributed by atoms with Gasteiger partial charge in [-0.15, -0.1) is 24.0 Å². The zero-order chi connectivity index (χ0) is 19.8. The number of hydrogen-bond acceptors (Lipinski definition) is 4. The van der Waals surface area contributed by atoms with E-state index in [9.17, 15) is 8.42 Å². The molecular weight excluding hydrogens is 499 g/mol. The van der Waals surface area contributed by atoms with Crippen LogP contribution >= 0.6 is 24.0 Å². The smallest absolute Gasteiger partial charge is 0.191 e. The predicted molar refractivity (Wildman–Crippen MR) is 131 cm³/mol. The van der Waals surface area contributed by atoms with Gasteiger partial charge in [-0.3, -0.25) is 4.90 Å². The van der Waals surface area contributed by atoms with E-state index in [1.807, 2.05) is 6.92 Å². The topological polar surface area (TPSA) is 73.8 Å². The van der Waals surface area contributed by atoms with Crippen LogP contribution in [0.15, 0.2) is 29.3 Å². The number of aliphatic imine (C=N–C) groups is 1.